The number of hydrogen-bond donors (Lipinski definition) is 2. The van der Waals surface area contributed by atoms with Crippen LogP contribution in [0.1, 0.15) is 6.92 Å². The first-order valence-corrected chi connectivity index (χ1v) is 3.93. The molecule has 0 amide bonds. The summed E-state index contributed by atoms with van der Waals surface area (Å²) in [4.78, 5) is 0.433. The quantitative estimate of drug-likeness (QED) is 0.467. The SMILES string of the molecule is C#CC(O)/C(SC)=C(\C)O. The average molecular weight is 158 g/mol. The third-order valence-corrected chi connectivity index (χ3v) is 1.94. The lowest BCUT2D eigenvalue weighted by Crippen LogP contribution is -2.05. The van der Waals surface area contributed by atoms with Gasteiger partial charge in [-0.05, 0) is 13.2 Å². The van der Waals surface area contributed by atoms with E-state index in [0.29, 0.717) is 4.91 Å². The minimum atomic E-state index is -0.972. The summed E-state index contributed by atoms with van der Waals surface area (Å²) in [6.07, 6.45) is 5.70. The molecule has 0 radical (unpaired) electrons. The number of allylic oxidation sites excluding steroid dienone is 1. The molecular formula is C7H10O2S. The average Bonchev–Trinajstić information content (AvgIpc) is 1.88. The van der Waals surface area contributed by atoms with Gasteiger partial charge in [0.15, 0.2) is 0 Å². The zero-order valence-electron chi connectivity index (χ0n) is 5.96. The molecule has 0 aromatic rings. The Balaban J connectivity index is 4.41. The Morgan fingerprint density at radius 1 is 1.70 bits per heavy atom. The first-order chi connectivity index (χ1) is 4.63. The molecule has 0 fully saturated rings. The standard InChI is InChI=1S/C7H10O2S/c1-4-6(9)7(10-3)5(2)8/h1,6,8-9H,2-3H3/b7-5-. The number of aliphatic hydroxyl groups excluding tert-OH is 2. The maximum Gasteiger partial charge on any atom is 0.148 e. The Bertz CT molecular complexity index is 175. The number of thioether (sulfide) groups is 1. The fourth-order valence-electron chi connectivity index (χ4n) is 0.533. The molecule has 10 heavy (non-hydrogen) atoms. The van der Waals surface area contributed by atoms with E-state index in [1.165, 1.54) is 18.7 Å². The molecule has 0 bridgehead atoms. The van der Waals surface area contributed by atoms with Crippen LogP contribution in [0.25, 0.3) is 0 Å². The predicted molar refractivity (Wildman–Crippen MR) is 43.7 cm³/mol. The van der Waals surface area contributed by atoms with E-state index in [1.807, 2.05) is 0 Å². The van der Waals surface area contributed by atoms with Crippen LogP contribution in [0, 0.1) is 12.3 Å². The summed E-state index contributed by atoms with van der Waals surface area (Å²) in [7, 11) is 0. The number of aliphatic hydroxyl groups is 2. The van der Waals surface area contributed by atoms with Crippen LogP contribution in [0.3, 0.4) is 0 Å². The molecule has 2 nitrogen and oxygen atoms in total. The van der Waals surface area contributed by atoms with Crippen molar-refractivity contribution in [3.63, 3.8) is 0 Å². The second-order valence-corrected chi connectivity index (χ2v) is 2.57. The summed E-state index contributed by atoms with van der Waals surface area (Å²) < 4.78 is 0. The van der Waals surface area contributed by atoms with Crippen molar-refractivity contribution in [1.82, 2.24) is 0 Å². The van der Waals surface area contributed by atoms with E-state index < -0.39 is 6.10 Å². The van der Waals surface area contributed by atoms with Gasteiger partial charge in [-0.15, -0.1) is 18.2 Å². The van der Waals surface area contributed by atoms with Gasteiger partial charge in [0, 0.05) is 0 Å². The van der Waals surface area contributed by atoms with Crippen molar-refractivity contribution >= 4 is 11.8 Å². The van der Waals surface area contributed by atoms with Gasteiger partial charge in [0.05, 0.1) is 4.91 Å². The van der Waals surface area contributed by atoms with Crippen LogP contribution in [-0.2, 0) is 0 Å². The van der Waals surface area contributed by atoms with Gasteiger partial charge in [-0.2, -0.15) is 0 Å². The molecule has 1 atom stereocenters. The fraction of sp³-hybridized carbons (Fsp3) is 0.429. The summed E-state index contributed by atoms with van der Waals surface area (Å²) >= 11 is 1.25. The minimum absolute atomic E-state index is 0.0814. The molecular weight excluding hydrogens is 148 g/mol. The van der Waals surface area contributed by atoms with Gasteiger partial charge in [0.25, 0.3) is 0 Å². The molecule has 0 aliphatic rings. The largest absolute Gasteiger partial charge is 0.512 e. The van der Waals surface area contributed by atoms with Crippen LogP contribution in [-0.4, -0.2) is 22.6 Å². The van der Waals surface area contributed by atoms with Gasteiger partial charge in [-0.1, -0.05) is 5.92 Å². The third kappa shape index (κ3) is 2.34. The number of rotatable bonds is 2. The van der Waals surface area contributed by atoms with Gasteiger partial charge in [0.1, 0.15) is 11.9 Å². The van der Waals surface area contributed by atoms with Crippen molar-refractivity contribution < 1.29 is 10.2 Å². The summed E-state index contributed by atoms with van der Waals surface area (Å²) in [5, 5.41) is 17.9. The molecule has 0 spiro atoms. The van der Waals surface area contributed by atoms with Crippen LogP contribution < -0.4 is 0 Å². The molecule has 0 saturated heterocycles. The van der Waals surface area contributed by atoms with E-state index in [2.05, 4.69) is 5.92 Å². The summed E-state index contributed by atoms with van der Waals surface area (Å²) in [5.41, 5.74) is 0. The Morgan fingerprint density at radius 2 is 2.20 bits per heavy atom. The molecule has 0 heterocycles. The normalized spacial score (nSPS) is 15.4. The highest BCUT2D eigenvalue weighted by Crippen LogP contribution is 2.18. The minimum Gasteiger partial charge on any atom is -0.512 e. The molecule has 1 unspecified atom stereocenters. The Labute approximate surface area is 65.0 Å². The zero-order valence-corrected chi connectivity index (χ0v) is 6.77. The van der Waals surface area contributed by atoms with Crippen LogP contribution in [0.4, 0.5) is 0 Å². The second kappa shape index (κ2) is 4.26. The third-order valence-electron chi connectivity index (χ3n) is 0.983. The van der Waals surface area contributed by atoms with Gasteiger partial charge < -0.3 is 10.2 Å². The predicted octanol–water partition coefficient (Wildman–Crippen LogP) is 1.13. The summed E-state index contributed by atoms with van der Waals surface area (Å²) in [6, 6.07) is 0. The van der Waals surface area contributed by atoms with Crippen molar-refractivity contribution in [2.75, 3.05) is 6.26 Å². The van der Waals surface area contributed by atoms with Crippen molar-refractivity contribution in [3.8, 4) is 12.3 Å². The Hall–Kier alpha value is -0.590. The Kier molecular flexibility index (Phi) is 4.01. The van der Waals surface area contributed by atoms with Crippen molar-refractivity contribution in [3.05, 3.63) is 10.7 Å². The van der Waals surface area contributed by atoms with Gasteiger partial charge in [0.2, 0.25) is 0 Å². The molecule has 3 heteroatoms. The monoisotopic (exact) mass is 158 g/mol. The summed E-state index contributed by atoms with van der Waals surface area (Å²) in [6.45, 7) is 1.49. The first-order valence-electron chi connectivity index (χ1n) is 2.71. The van der Waals surface area contributed by atoms with Crippen molar-refractivity contribution in [2.24, 2.45) is 0 Å². The van der Waals surface area contributed by atoms with Crippen molar-refractivity contribution in [1.29, 1.82) is 0 Å². The van der Waals surface area contributed by atoms with Crippen LogP contribution in [0.2, 0.25) is 0 Å². The number of terminal acetylenes is 1. The maximum atomic E-state index is 9.01. The van der Waals surface area contributed by atoms with Crippen molar-refractivity contribution in [2.45, 2.75) is 13.0 Å². The van der Waals surface area contributed by atoms with E-state index in [1.54, 1.807) is 6.26 Å². The zero-order chi connectivity index (χ0) is 8.15. The molecule has 0 aliphatic carbocycles. The maximum absolute atomic E-state index is 9.01. The molecule has 0 aromatic carbocycles. The van der Waals surface area contributed by atoms with E-state index in [9.17, 15) is 0 Å². The first kappa shape index (κ1) is 9.41. The van der Waals surface area contributed by atoms with Crippen LogP contribution in [0.15, 0.2) is 10.7 Å². The van der Waals surface area contributed by atoms with Gasteiger partial charge >= 0.3 is 0 Å². The van der Waals surface area contributed by atoms with Crippen LogP contribution >= 0.6 is 11.8 Å². The smallest absolute Gasteiger partial charge is 0.148 e. The molecule has 56 valence electrons. The highest BCUT2D eigenvalue weighted by Gasteiger charge is 2.08. The van der Waals surface area contributed by atoms with Crippen LogP contribution in [0.5, 0.6) is 0 Å². The van der Waals surface area contributed by atoms with Gasteiger partial charge in [-0.25, -0.2) is 0 Å². The highest BCUT2D eigenvalue weighted by molar-refractivity contribution is 8.02. The molecule has 0 aliphatic heterocycles. The topological polar surface area (TPSA) is 40.5 Å². The van der Waals surface area contributed by atoms with E-state index in [-0.39, 0.29) is 5.76 Å². The lowest BCUT2D eigenvalue weighted by Gasteiger charge is -2.06. The highest BCUT2D eigenvalue weighted by atomic mass is 32.2. The molecule has 2 N–H and O–H groups in total. The number of hydrogen-bond acceptors (Lipinski definition) is 3. The van der Waals surface area contributed by atoms with E-state index in [0.717, 1.165) is 0 Å². The second-order valence-electron chi connectivity index (χ2n) is 1.72. The lowest BCUT2D eigenvalue weighted by molar-refractivity contribution is 0.268. The van der Waals surface area contributed by atoms with E-state index in [4.69, 9.17) is 16.6 Å². The van der Waals surface area contributed by atoms with Gasteiger partial charge in [-0.3, -0.25) is 0 Å². The summed E-state index contributed by atoms with van der Waals surface area (Å²) in [5.74, 6) is 2.20. The Morgan fingerprint density at radius 3 is 2.30 bits per heavy atom. The molecule has 0 saturated carbocycles. The molecule has 0 aromatic heterocycles. The lowest BCUT2D eigenvalue weighted by atomic mass is 10.3. The fourth-order valence-corrected chi connectivity index (χ4v) is 1.12. The van der Waals surface area contributed by atoms with E-state index >= 15 is 0 Å². The molecule has 0 rings (SSSR count).